The lowest BCUT2D eigenvalue weighted by Gasteiger charge is -2.25. The van der Waals surface area contributed by atoms with E-state index >= 15 is 0 Å². The lowest BCUT2D eigenvalue weighted by Crippen LogP contribution is -2.38. The van der Waals surface area contributed by atoms with Crippen molar-refractivity contribution in [3.8, 4) is 5.75 Å². The van der Waals surface area contributed by atoms with Crippen molar-refractivity contribution in [1.29, 1.82) is 0 Å². The van der Waals surface area contributed by atoms with E-state index in [9.17, 15) is 0 Å². The minimum Gasteiger partial charge on any atom is -0.492 e. The number of rotatable bonds is 4. The minimum absolute atomic E-state index is 0.802. The van der Waals surface area contributed by atoms with Gasteiger partial charge in [-0.25, -0.2) is 0 Å². The Morgan fingerprint density at radius 1 is 1.05 bits per heavy atom. The smallest absolute Gasteiger partial charge is 0.119 e. The minimum atomic E-state index is 0.802. The molecule has 1 unspecified atom stereocenters. The molecule has 1 atom stereocenters. The Kier molecular flexibility index (Phi) is 4.36. The molecule has 2 heterocycles. The summed E-state index contributed by atoms with van der Waals surface area (Å²) in [5, 5.41) is 0. The number of benzene rings is 1. The van der Waals surface area contributed by atoms with Gasteiger partial charge in [0, 0.05) is 19.1 Å². The molecular formula is C16H24N2O. The fraction of sp³-hybridized carbons (Fsp3) is 0.625. The van der Waals surface area contributed by atoms with E-state index in [0.717, 1.165) is 24.9 Å². The van der Waals surface area contributed by atoms with E-state index in [1.807, 2.05) is 30.3 Å². The fourth-order valence-corrected chi connectivity index (χ4v) is 3.30. The van der Waals surface area contributed by atoms with Gasteiger partial charge in [0.05, 0.1) is 0 Å². The van der Waals surface area contributed by atoms with Crippen molar-refractivity contribution in [3.63, 3.8) is 0 Å². The van der Waals surface area contributed by atoms with Gasteiger partial charge in [0.1, 0.15) is 12.4 Å². The quantitative estimate of drug-likeness (QED) is 0.825. The second kappa shape index (κ2) is 6.40. The van der Waals surface area contributed by atoms with Gasteiger partial charge in [0.25, 0.3) is 0 Å². The van der Waals surface area contributed by atoms with Crippen LogP contribution in [0.2, 0.25) is 0 Å². The van der Waals surface area contributed by atoms with E-state index in [4.69, 9.17) is 4.74 Å². The van der Waals surface area contributed by atoms with Gasteiger partial charge in [0.2, 0.25) is 0 Å². The first kappa shape index (κ1) is 12.9. The highest BCUT2D eigenvalue weighted by molar-refractivity contribution is 5.20. The molecule has 0 spiro atoms. The molecule has 3 nitrogen and oxygen atoms in total. The largest absolute Gasteiger partial charge is 0.492 e. The van der Waals surface area contributed by atoms with Crippen LogP contribution in [0.25, 0.3) is 0 Å². The van der Waals surface area contributed by atoms with Crippen LogP contribution >= 0.6 is 0 Å². The van der Waals surface area contributed by atoms with Crippen molar-refractivity contribution in [2.75, 3.05) is 39.3 Å². The van der Waals surface area contributed by atoms with Gasteiger partial charge in [-0.2, -0.15) is 0 Å². The number of fused-ring (bicyclic) bond motifs is 1. The molecule has 0 aliphatic carbocycles. The Bertz CT molecular complexity index is 382. The summed E-state index contributed by atoms with van der Waals surface area (Å²) in [6, 6.07) is 10.9. The Balaban J connectivity index is 1.44. The van der Waals surface area contributed by atoms with Crippen molar-refractivity contribution in [1.82, 2.24) is 9.80 Å². The first-order valence-corrected chi connectivity index (χ1v) is 7.56. The van der Waals surface area contributed by atoms with Crippen molar-refractivity contribution < 1.29 is 4.74 Å². The fourth-order valence-electron chi connectivity index (χ4n) is 3.30. The van der Waals surface area contributed by atoms with Crippen LogP contribution in [0.3, 0.4) is 0 Å². The molecule has 2 aliphatic heterocycles. The Morgan fingerprint density at radius 3 is 2.79 bits per heavy atom. The summed E-state index contributed by atoms with van der Waals surface area (Å²) in [5.41, 5.74) is 0. The van der Waals surface area contributed by atoms with E-state index in [0.29, 0.717) is 0 Å². The van der Waals surface area contributed by atoms with Crippen LogP contribution in [0.4, 0.5) is 0 Å². The molecule has 3 rings (SSSR count). The predicted molar refractivity (Wildman–Crippen MR) is 77.6 cm³/mol. The molecule has 1 aromatic rings. The second-order valence-corrected chi connectivity index (χ2v) is 5.65. The van der Waals surface area contributed by atoms with Gasteiger partial charge in [-0.15, -0.1) is 0 Å². The molecule has 0 radical (unpaired) electrons. The third-order valence-electron chi connectivity index (χ3n) is 4.31. The number of hydrogen-bond donors (Lipinski definition) is 0. The maximum absolute atomic E-state index is 5.81. The van der Waals surface area contributed by atoms with Crippen molar-refractivity contribution in [2.24, 2.45) is 0 Å². The Labute approximate surface area is 116 Å². The number of ether oxygens (including phenoxy) is 1. The molecule has 0 saturated carbocycles. The maximum Gasteiger partial charge on any atom is 0.119 e. The molecule has 0 amide bonds. The first-order valence-electron chi connectivity index (χ1n) is 7.56. The van der Waals surface area contributed by atoms with Crippen LogP contribution in [0.15, 0.2) is 30.3 Å². The molecule has 0 aromatic heterocycles. The summed E-state index contributed by atoms with van der Waals surface area (Å²) >= 11 is 0. The van der Waals surface area contributed by atoms with Gasteiger partial charge in [-0.1, -0.05) is 18.2 Å². The zero-order valence-corrected chi connectivity index (χ0v) is 11.6. The molecule has 2 aliphatic rings. The van der Waals surface area contributed by atoms with Crippen LogP contribution in [0, 0.1) is 0 Å². The molecule has 0 bridgehead atoms. The Morgan fingerprint density at radius 2 is 1.89 bits per heavy atom. The maximum atomic E-state index is 5.81. The second-order valence-electron chi connectivity index (χ2n) is 5.65. The van der Waals surface area contributed by atoms with E-state index in [1.54, 1.807) is 0 Å². The van der Waals surface area contributed by atoms with Gasteiger partial charge < -0.3 is 4.74 Å². The van der Waals surface area contributed by atoms with Crippen molar-refractivity contribution in [2.45, 2.75) is 25.3 Å². The van der Waals surface area contributed by atoms with Gasteiger partial charge in [0.15, 0.2) is 0 Å². The van der Waals surface area contributed by atoms with Crippen LogP contribution in [0.5, 0.6) is 5.75 Å². The molecule has 2 saturated heterocycles. The van der Waals surface area contributed by atoms with Crippen LogP contribution < -0.4 is 4.74 Å². The highest BCUT2D eigenvalue weighted by Crippen LogP contribution is 2.21. The Hall–Kier alpha value is -1.06. The summed E-state index contributed by atoms with van der Waals surface area (Å²) in [6.07, 6.45) is 4.08. The third kappa shape index (κ3) is 3.48. The lowest BCUT2D eigenvalue weighted by atomic mass is 10.2. The van der Waals surface area contributed by atoms with E-state index in [1.165, 1.54) is 45.4 Å². The highest BCUT2D eigenvalue weighted by atomic mass is 16.5. The monoisotopic (exact) mass is 260 g/mol. The molecule has 3 heteroatoms. The highest BCUT2D eigenvalue weighted by Gasteiger charge is 2.28. The topological polar surface area (TPSA) is 15.7 Å². The predicted octanol–water partition coefficient (Wildman–Crippen LogP) is 2.24. The molecule has 19 heavy (non-hydrogen) atoms. The van der Waals surface area contributed by atoms with Crippen LogP contribution in [0.1, 0.15) is 19.3 Å². The molecular weight excluding hydrogens is 236 g/mol. The van der Waals surface area contributed by atoms with Crippen molar-refractivity contribution in [3.05, 3.63) is 30.3 Å². The normalized spacial score (nSPS) is 24.9. The average Bonchev–Trinajstić information content (AvgIpc) is 2.79. The first-order chi connectivity index (χ1) is 9.42. The number of hydrogen-bond acceptors (Lipinski definition) is 3. The summed E-state index contributed by atoms with van der Waals surface area (Å²) in [7, 11) is 0. The molecule has 1 aromatic carbocycles. The van der Waals surface area contributed by atoms with Crippen LogP contribution in [-0.2, 0) is 0 Å². The van der Waals surface area contributed by atoms with E-state index in [2.05, 4.69) is 9.80 Å². The van der Waals surface area contributed by atoms with Gasteiger partial charge >= 0.3 is 0 Å². The van der Waals surface area contributed by atoms with Gasteiger partial charge in [-0.05, 0) is 51.0 Å². The zero-order chi connectivity index (χ0) is 12.9. The van der Waals surface area contributed by atoms with Crippen molar-refractivity contribution >= 4 is 0 Å². The average molecular weight is 260 g/mol. The SMILES string of the molecule is c1ccc(OCCN2CCCN3CCCC3C2)cc1. The molecule has 2 fully saturated rings. The van der Waals surface area contributed by atoms with E-state index in [-0.39, 0.29) is 0 Å². The number of nitrogens with zero attached hydrogens (tertiary/aromatic N) is 2. The summed E-state index contributed by atoms with van der Waals surface area (Å²) < 4.78 is 5.81. The third-order valence-corrected chi connectivity index (χ3v) is 4.31. The molecule has 0 N–H and O–H groups in total. The lowest BCUT2D eigenvalue weighted by molar-refractivity contribution is 0.188. The summed E-state index contributed by atoms with van der Waals surface area (Å²) in [4.78, 5) is 5.26. The van der Waals surface area contributed by atoms with Crippen LogP contribution in [-0.4, -0.2) is 55.2 Å². The number of para-hydroxylation sites is 1. The zero-order valence-electron chi connectivity index (χ0n) is 11.6. The molecule has 104 valence electrons. The summed E-state index contributed by atoms with van der Waals surface area (Å²) in [5.74, 6) is 0.986. The van der Waals surface area contributed by atoms with Gasteiger partial charge in [-0.3, -0.25) is 9.80 Å². The standard InChI is InChI=1S/C16H24N2O/c1-2-7-16(8-3-1)19-13-12-17-9-5-11-18-10-4-6-15(18)14-17/h1-3,7-8,15H,4-6,9-14H2. The summed E-state index contributed by atoms with van der Waals surface area (Å²) in [6.45, 7) is 6.93. The van der Waals surface area contributed by atoms with E-state index < -0.39 is 0 Å².